The van der Waals surface area contributed by atoms with Crippen LogP contribution in [0.3, 0.4) is 0 Å². The third-order valence-electron chi connectivity index (χ3n) is 4.20. The van der Waals surface area contributed by atoms with Crippen molar-refractivity contribution < 1.29 is 9.21 Å². The van der Waals surface area contributed by atoms with Crippen LogP contribution in [-0.4, -0.2) is 21.9 Å². The third-order valence-corrected chi connectivity index (χ3v) is 5.26. The molecule has 0 fully saturated rings. The van der Waals surface area contributed by atoms with Gasteiger partial charge in [0.05, 0.1) is 5.75 Å². The van der Waals surface area contributed by atoms with Gasteiger partial charge in [-0.2, -0.15) is 0 Å². The molecular weight excluding hydrogens is 394 g/mol. The van der Waals surface area contributed by atoms with E-state index in [2.05, 4.69) is 48.4 Å². The van der Waals surface area contributed by atoms with Gasteiger partial charge in [0.25, 0.3) is 5.22 Å². The number of nitrogens with one attached hydrogen (secondary N) is 1. The van der Waals surface area contributed by atoms with Crippen LogP contribution in [0.5, 0.6) is 0 Å². The molecule has 0 aliphatic carbocycles. The van der Waals surface area contributed by atoms with E-state index in [1.807, 2.05) is 25.1 Å². The van der Waals surface area contributed by atoms with Crippen molar-refractivity contribution in [2.45, 2.75) is 38.3 Å². The molecule has 0 spiro atoms. The fourth-order valence-electron chi connectivity index (χ4n) is 2.54. The largest absolute Gasteiger partial charge is 0.411 e. The fourth-order valence-corrected chi connectivity index (χ4v) is 3.28. The lowest BCUT2D eigenvalue weighted by Crippen LogP contribution is -2.14. The molecule has 7 heteroatoms. The normalized spacial score (nSPS) is 11.5. The van der Waals surface area contributed by atoms with Gasteiger partial charge in [0.2, 0.25) is 11.8 Å². The highest BCUT2D eigenvalue weighted by Crippen LogP contribution is 2.27. The van der Waals surface area contributed by atoms with Gasteiger partial charge in [-0.15, -0.1) is 10.2 Å². The summed E-state index contributed by atoms with van der Waals surface area (Å²) >= 11 is 7.17. The zero-order valence-corrected chi connectivity index (χ0v) is 17.8. The molecule has 1 amide bonds. The smallest absolute Gasteiger partial charge is 0.277 e. The second kappa shape index (κ2) is 8.37. The Hall–Kier alpha value is -2.31. The SMILES string of the molecule is Cc1ccc(Cl)cc1NC(=O)CSc1nnc(-c2ccc(C(C)(C)C)cc2)o1. The van der Waals surface area contributed by atoms with E-state index in [0.717, 1.165) is 11.1 Å². The van der Waals surface area contributed by atoms with Gasteiger partial charge in [-0.05, 0) is 47.7 Å². The van der Waals surface area contributed by atoms with Gasteiger partial charge in [0, 0.05) is 16.3 Å². The molecule has 0 radical (unpaired) electrons. The summed E-state index contributed by atoms with van der Waals surface area (Å²) in [6, 6.07) is 13.4. The Balaban J connectivity index is 1.60. The lowest BCUT2D eigenvalue weighted by Gasteiger charge is -2.18. The fraction of sp³-hybridized carbons (Fsp3) is 0.286. The molecule has 3 aromatic rings. The van der Waals surface area contributed by atoms with E-state index in [-0.39, 0.29) is 17.1 Å². The molecule has 2 aromatic carbocycles. The highest BCUT2D eigenvalue weighted by Gasteiger charge is 2.15. The minimum absolute atomic E-state index is 0.0864. The van der Waals surface area contributed by atoms with Crippen LogP contribution in [-0.2, 0) is 10.2 Å². The van der Waals surface area contributed by atoms with E-state index in [0.29, 0.717) is 21.8 Å². The maximum Gasteiger partial charge on any atom is 0.277 e. The average Bonchev–Trinajstić information content (AvgIpc) is 3.11. The number of hydrogen-bond donors (Lipinski definition) is 1. The predicted molar refractivity (Wildman–Crippen MR) is 114 cm³/mol. The Morgan fingerprint density at radius 2 is 1.86 bits per heavy atom. The molecule has 0 aliphatic rings. The van der Waals surface area contributed by atoms with Crippen molar-refractivity contribution in [2.75, 3.05) is 11.1 Å². The number of aryl methyl sites for hydroxylation is 1. The molecule has 1 heterocycles. The van der Waals surface area contributed by atoms with E-state index in [1.54, 1.807) is 12.1 Å². The van der Waals surface area contributed by atoms with Crippen LogP contribution in [0.1, 0.15) is 31.9 Å². The second-order valence-electron chi connectivity index (χ2n) is 7.50. The molecule has 28 heavy (non-hydrogen) atoms. The topological polar surface area (TPSA) is 68.0 Å². The lowest BCUT2D eigenvalue weighted by atomic mass is 9.87. The number of carbonyl (C=O) groups excluding carboxylic acids is 1. The summed E-state index contributed by atoms with van der Waals surface area (Å²) in [5.74, 6) is 0.440. The average molecular weight is 416 g/mol. The third kappa shape index (κ3) is 5.14. The number of rotatable bonds is 5. The minimum Gasteiger partial charge on any atom is -0.411 e. The quantitative estimate of drug-likeness (QED) is 0.539. The zero-order valence-electron chi connectivity index (χ0n) is 16.2. The second-order valence-corrected chi connectivity index (χ2v) is 8.86. The Morgan fingerprint density at radius 1 is 1.14 bits per heavy atom. The van der Waals surface area contributed by atoms with Crippen molar-refractivity contribution >= 4 is 35.0 Å². The van der Waals surface area contributed by atoms with Crippen molar-refractivity contribution in [3.05, 3.63) is 58.6 Å². The van der Waals surface area contributed by atoms with Crippen LogP contribution in [0.25, 0.3) is 11.5 Å². The molecule has 0 unspecified atom stereocenters. The number of carbonyl (C=O) groups is 1. The lowest BCUT2D eigenvalue weighted by molar-refractivity contribution is -0.113. The summed E-state index contributed by atoms with van der Waals surface area (Å²) in [5.41, 5.74) is 3.82. The molecule has 0 saturated heterocycles. The zero-order chi connectivity index (χ0) is 20.3. The number of hydrogen-bond acceptors (Lipinski definition) is 5. The summed E-state index contributed by atoms with van der Waals surface area (Å²) in [7, 11) is 0. The first kappa shape index (κ1) is 20.4. The monoisotopic (exact) mass is 415 g/mol. The van der Waals surface area contributed by atoms with Gasteiger partial charge in [0.1, 0.15) is 0 Å². The number of anilines is 1. The maximum absolute atomic E-state index is 12.2. The van der Waals surface area contributed by atoms with Gasteiger partial charge in [0.15, 0.2) is 0 Å². The molecule has 146 valence electrons. The Kier molecular flexibility index (Phi) is 6.10. The van der Waals surface area contributed by atoms with E-state index in [1.165, 1.54) is 17.3 Å². The Morgan fingerprint density at radius 3 is 2.54 bits per heavy atom. The summed E-state index contributed by atoms with van der Waals surface area (Å²) in [5, 5.41) is 11.9. The van der Waals surface area contributed by atoms with Crippen LogP contribution < -0.4 is 5.32 Å². The van der Waals surface area contributed by atoms with Crippen LogP contribution in [0.4, 0.5) is 5.69 Å². The van der Waals surface area contributed by atoms with Crippen molar-refractivity contribution in [2.24, 2.45) is 0 Å². The first-order valence-corrected chi connectivity index (χ1v) is 10.2. The van der Waals surface area contributed by atoms with Gasteiger partial charge >= 0.3 is 0 Å². The number of thioether (sulfide) groups is 1. The van der Waals surface area contributed by atoms with Crippen molar-refractivity contribution in [1.82, 2.24) is 10.2 Å². The van der Waals surface area contributed by atoms with E-state index in [9.17, 15) is 4.79 Å². The molecule has 0 saturated carbocycles. The summed E-state index contributed by atoms with van der Waals surface area (Å²) in [6.07, 6.45) is 0. The first-order chi connectivity index (χ1) is 13.2. The van der Waals surface area contributed by atoms with Crippen LogP contribution >= 0.6 is 23.4 Å². The summed E-state index contributed by atoms with van der Waals surface area (Å²) in [6.45, 7) is 8.41. The van der Waals surface area contributed by atoms with Crippen molar-refractivity contribution in [3.63, 3.8) is 0 Å². The molecule has 0 aliphatic heterocycles. The summed E-state index contributed by atoms with van der Waals surface area (Å²) < 4.78 is 5.68. The Bertz CT molecular complexity index is 978. The molecule has 0 atom stereocenters. The van der Waals surface area contributed by atoms with Crippen molar-refractivity contribution in [3.8, 4) is 11.5 Å². The van der Waals surface area contributed by atoms with Crippen LogP contribution in [0, 0.1) is 6.92 Å². The summed E-state index contributed by atoms with van der Waals surface area (Å²) in [4.78, 5) is 12.2. The number of aromatic nitrogens is 2. The highest BCUT2D eigenvalue weighted by atomic mass is 35.5. The van der Waals surface area contributed by atoms with Gasteiger partial charge < -0.3 is 9.73 Å². The van der Waals surface area contributed by atoms with E-state index >= 15 is 0 Å². The maximum atomic E-state index is 12.2. The van der Waals surface area contributed by atoms with Gasteiger partial charge in [-0.25, -0.2) is 0 Å². The number of nitrogens with zero attached hydrogens (tertiary/aromatic N) is 2. The highest BCUT2D eigenvalue weighted by molar-refractivity contribution is 7.99. The molecule has 5 nitrogen and oxygen atoms in total. The van der Waals surface area contributed by atoms with E-state index in [4.69, 9.17) is 16.0 Å². The Labute approximate surface area is 173 Å². The van der Waals surface area contributed by atoms with Crippen LogP contribution in [0.2, 0.25) is 5.02 Å². The molecule has 0 bridgehead atoms. The standard InChI is InChI=1S/C21H22ClN3O2S/c1-13-5-10-16(22)11-17(13)23-18(26)12-28-20-25-24-19(27-20)14-6-8-15(9-7-14)21(2,3)4/h5-11H,12H2,1-4H3,(H,23,26). The van der Waals surface area contributed by atoms with Crippen LogP contribution in [0.15, 0.2) is 52.1 Å². The first-order valence-electron chi connectivity index (χ1n) is 8.85. The number of halogens is 1. The van der Waals surface area contributed by atoms with E-state index < -0.39 is 0 Å². The molecule has 1 N–H and O–H groups in total. The van der Waals surface area contributed by atoms with Gasteiger partial charge in [-0.3, -0.25) is 4.79 Å². The predicted octanol–water partition coefficient (Wildman–Crippen LogP) is 5.73. The number of amides is 1. The van der Waals surface area contributed by atoms with Gasteiger partial charge in [-0.1, -0.05) is 62.3 Å². The molecular formula is C21H22ClN3O2S. The minimum atomic E-state index is -0.162. The van der Waals surface area contributed by atoms with Crippen molar-refractivity contribution in [1.29, 1.82) is 0 Å². The number of benzene rings is 2. The molecule has 1 aromatic heterocycles. The molecule has 3 rings (SSSR count).